The Morgan fingerprint density at radius 3 is 2.06 bits per heavy atom. The number of nitrogens with zero attached hydrogens (tertiary/aromatic N) is 2. The van der Waals surface area contributed by atoms with Gasteiger partial charge in [0.25, 0.3) is 11.8 Å². The molecule has 0 saturated carbocycles. The van der Waals surface area contributed by atoms with Crippen molar-refractivity contribution in [1.29, 1.82) is 0 Å². The first-order valence-electron chi connectivity index (χ1n) is 9.76. The third-order valence-electron chi connectivity index (χ3n) is 5.18. The van der Waals surface area contributed by atoms with Crippen molar-refractivity contribution in [2.45, 2.75) is 0 Å². The van der Waals surface area contributed by atoms with Crippen molar-refractivity contribution < 1.29 is 23.8 Å². The van der Waals surface area contributed by atoms with Gasteiger partial charge in [0.2, 0.25) is 5.75 Å². The molecule has 1 aliphatic heterocycles. The summed E-state index contributed by atoms with van der Waals surface area (Å²) in [5.41, 5.74) is 1.11. The van der Waals surface area contributed by atoms with Crippen molar-refractivity contribution in [3.05, 3.63) is 46.5 Å². The van der Waals surface area contributed by atoms with Gasteiger partial charge in [0.15, 0.2) is 11.5 Å². The normalized spacial score (nSPS) is 14.2. The van der Waals surface area contributed by atoms with E-state index in [2.05, 4.69) is 10.2 Å². The molecule has 1 aliphatic rings. The molecule has 0 aliphatic carbocycles. The van der Waals surface area contributed by atoms with E-state index in [-0.39, 0.29) is 5.91 Å². The summed E-state index contributed by atoms with van der Waals surface area (Å²) in [6.07, 6.45) is 0. The van der Waals surface area contributed by atoms with E-state index in [0.29, 0.717) is 52.2 Å². The summed E-state index contributed by atoms with van der Waals surface area (Å²) in [5, 5.41) is 3.10. The van der Waals surface area contributed by atoms with Gasteiger partial charge in [0.1, 0.15) is 0 Å². The number of carbonyl (C=O) groups is 2. The second kappa shape index (κ2) is 9.89. The lowest BCUT2D eigenvalue weighted by Crippen LogP contribution is -2.47. The van der Waals surface area contributed by atoms with Gasteiger partial charge in [-0.3, -0.25) is 9.59 Å². The van der Waals surface area contributed by atoms with Crippen LogP contribution in [0.15, 0.2) is 30.3 Å². The minimum atomic E-state index is -0.426. The summed E-state index contributed by atoms with van der Waals surface area (Å²) < 4.78 is 15.9. The molecule has 0 unspecified atom stereocenters. The first-order valence-corrected chi connectivity index (χ1v) is 10.1. The third kappa shape index (κ3) is 5.03. The Balaban J connectivity index is 1.83. The van der Waals surface area contributed by atoms with Crippen molar-refractivity contribution in [2.75, 3.05) is 59.9 Å². The number of benzene rings is 2. The van der Waals surface area contributed by atoms with Gasteiger partial charge in [0, 0.05) is 37.3 Å². The number of anilines is 1. The maximum atomic E-state index is 12.9. The number of rotatable bonds is 6. The highest BCUT2D eigenvalue weighted by Gasteiger charge is 2.22. The first kappa shape index (κ1) is 22.7. The van der Waals surface area contributed by atoms with Crippen LogP contribution in [0.2, 0.25) is 5.02 Å². The predicted molar refractivity (Wildman–Crippen MR) is 119 cm³/mol. The first-order chi connectivity index (χ1) is 14.9. The highest BCUT2D eigenvalue weighted by Crippen LogP contribution is 2.38. The molecule has 0 aromatic heterocycles. The van der Waals surface area contributed by atoms with Gasteiger partial charge < -0.3 is 29.3 Å². The fraction of sp³-hybridized carbons (Fsp3) is 0.364. The van der Waals surface area contributed by atoms with E-state index >= 15 is 0 Å². The molecule has 3 rings (SSSR count). The van der Waals surface area contributed by atoms with Gasteiger partial charge in [0.05, 0.1) is 32.0 Å². The minimum Gasteiger partial charge on any atom is -0.493 e. The number of hydrogen-bond acceptors (Lipinski definition) is 6. The van der Waals surface area contributed by atoms with Crippen LogP contribution in [0.3, 0.4) is 0 Å². The van der Waals surface area contributed by atoms with Crippen LogP contribution in [0.1, 0.15) is 20.7 Å². The minimum absolute atomic E-state index is 0.0898. The molecule has 1 N–H and O–H groups in total. The number of carbonyl (C=O) groups excluding carboxylic acids is 2. The third-order valence-corrected chi connectivity index (χ3v) is 5.51. The SMILES string of the molecule is COc1cc(C(=O)Nc2cc(C(=O)N3CCN(C)CC3)ccc2Cl)cc(OC)c1OC. The number of likely N-dealkylation sites (N-methyl/N-ethyl adjacent to an activating group) is 1. The molecule has 9 heteroatoms. The topological polar surface area (TPSA) is 80.3 Å². The van der Waals surface area contributed by atoms with E-state index in [1.165, 1.54) is 21.3 Å². The van der Waals surface area contributed by atoms with Crippen molar-refractivity contribution in [1.82, 2.24) is 9.80 Å². The summed E-state index contributed by atoms with van der Waals surface area (Å²) in [6, 6.07) is 7.96. The van der Waals surface area contributed by atoms with Crippen LogP contribution < -0.4 is 19.5 Å². The predicted octanol–water partition coefficient (Wildman–Crippen LogP) is 3.01. The van der Waals surface area contributed by atoms with Gasteiger partial charge in [-0.25, -0.2) is 0 Å². The molecule has 2 amide bonds. The van der Waals surface area contributed by atoms with E-state index in [1.807, 2.05) is 7.05 Å². The molecule has 0 radical (unpaired) electrons. The van der Waals surface area contributed by atoms with Crippen molar-refractivity contribution in [3.63, 3.8) is 0 Å². The molecule has 2 aromatic carbocycles. The van der Waals surface area contributed by atoms with Crippen LogP contribution in [-0.2, 0) is 0 Å². The van der Waals surface area contributed by atoms with E-state index in [4.69, 9.17) is 25.8 Å². The fourth-order valence-corrected chi connectivity index (χ4v) is 3.52. The number of nitrogens with one attached hydrogen (secondary N) is 1. The lowest BCUT2D eigenvalue weighted by molar-refractivity contribution is 0.0664. The molecule has 1 fully saturated rings. The number of amides is 2. The maximum absolute atomic E-state index is 12.9. The van der Waals surface area contributed by atoms with Crippen LogP contribution in [0.5, 0.6) is 17.2 Å². The van der Waals surface area contributed by atoms with E-state index in [9.17, 15) is 9.59 Å². The quantitative estimate of drug-likeness (QED) is 0.733. The summed E-state index contributed by atoms with van der Waals surface area (Å²) in [7, 11) is 6.47. The van der Waals surface area contributed by atoms with Gasteiger partial charge >= 0.3 is 0 Å². The second-order valence-corrected chi connectivity index (χ2v) is 7.57. The Hall–Kier alpha value is -2.97. The number of piperazine rings is 1. The van der Waals surface area contributed by atoms with Gasteiger partial charge in [-0.2, -0.15) is 0 Å². The average molecular weight is 448 g/mol. The maximum Gasteiger partial charge on any atom is 0.255 e. The standard InChI is InChI=1S/C22H26ClN3O5/c1-25-7-9-26(10-8-25)22(28)14-5-6-16(23)17(11-14)24-21(27)15-12-18(29-2)20(31-4)19(13-15)30-3/h5-6,11-13H,7-10H2,1-4H3,(H,24,27). The van der Waals surface area contributed by atoms with E-state index in [1.54, 1.807) is 35.2 Å². The Bertz CT molecular complexity index is 949. The molecule has 31 heavy (non-hydrogen) atoms. The number of methoxy groups -OCH3 is 3. The Morgan fingerprint density at radius 1 is 0.903 bits per heavy atom. The zero-order valence-electron chi connectivity index (χ0n) is 18.0. The monoisotopic (exact) mass is 447 g/mol. The van der Waals surface area contributed by atoms with Gasteiger partial charge in [-0.05, 0) is 37.4 Å². The molecule has 0 atom stereocenters. The summed E-state index contributed by atoms with van der Waals surface area (Å²) in [6.45, 7) is 2.96. The highest BCUT2D eigenvalue weighted by atomic mass is 35.5. The summed E-state index contributed by atoms with van der Waals surface area (Å²) >= 11 is 6.29. The highest BCUT2D eigenvalue weighted by molar-refractivity contribution is 6.34. The lowest BCUT2D eigenvalue weighted by Gasteiger charge is -2.32. The smallest absolute Gasteiger partial charge is 0.255 e. The lowest BCUT2D eigenvalue weighted by atomic mass is 10.1. The van der Waals surface area contributed by atoms with Crippen LogP contribution >= 0.6 is 11.6 Å². The molecular formula is C22H26ClN3O5. The van der Waals surface area contributed by atoms with Crippen molar-refractivity contribution in [3.8, 4) is 17.2 Å². The molecule has 166 valence electrons. The number of ether oxygens (including phenoxy) is 3. The molecule has 0 spiro atoms. The van der Waals surface area contributed by atoms with Crippen LogP contribution in [0, 0.1) is 0 Å². The van der Waals surface area contributed by atoms with Crippen molar-refractivity contribution >= 4 is 29.1 Å². The largest absolute Gasteiger partial charge is 0.493 e. The average Bonchev–Trinajstić information content (AvgIpc) is 2.79. The second-order valence-electron chi connectivity index (χ2n) is 7.16. The molecule has 1 heterocycles. The van der Waals surface area contributed by atoms with E-state index in [0.717, 1.165) is 13.1 Å². The molecule has 1 saturated heterocycles. The van der Waals surface area contributed by atoms with E-state index < -0.39 is 5.91 Å². The van der Waals surface area contributed by atoms with Crippen molar-refractivity contribution in [2.24, 2.45) is 0 Å². The number of hydrogen-bond donors (Lipinski definition) is 1. The van der Waals surface area contributed by atoms with Gasteiger partial charge in [-0.1, -0.05) is 11.6 Å². The Morgan fingerprint density at radius 2 is 1.52 bits per heavy atom. The number of halogens is 1. The summed E-state index contributed by atoms with van der Waals surface area (Å²) in [5.74, 6) is 0.590. The Kier molecular flexibility index (Phi) is 7.25. The summed E-state index contributed by atoms with van der Waals surface area (Å²) in [4.78, 5) is 29.7. The van der Waals surface area contributed by atoms with Gasteiger partial charge in [-0.15, -0.1) is 0 Å². The van der Waals surface area contributed by atoms with Crippen LogP contribution in [-0.4, -0.2) is 76.2 Å². The molecule has 2 aromatic rings. The zero-order valence-corrected chi connectivity index (χ0v) is 18.8. The van der Waals surface area contributed by atoms with Crippen LogP contribution in [0.4, 0.5) is 5.69 Å². The Labute approximate surface area is 186 Å². The zero-order chi connectivity index (χ0) is 22.5. The molecular weight excluding hydrogens is 422 g/mol. The van der Waals surface area contributed by atoms with Crippen LogP contribution in [0.25, 0.3) is 0 Å². The molecule has 0 bridgehead atoms. The fourth-order valence-electron chi connectivity index (χ4n) is 3.35. The molecule has 8 nitrogen and oxygen atoms in total.